The number of hydrogen-bond donors (Lipinski definition) is 3. The van der Waals surface area contributed by atoms with Gasteiger partial charge in [-0.2, -0.15) is 0 Å². The number of ether oxygens (including phenoxy) is 1. The van der Waals surface area contributed by atoms with Crippen LogP contribution in [0, 0.1) is 5.82 Å². The molecule has 0 aliphatic heterocycles. The summed E-state index contributed by atoms with van der Waals surface area (Å²) < 4.78 is 44.5. The van der Waals surface area contributed by atoms with Gasteiger partial charge in [-0.15, -0.1) is 0 Å². The number of carbonyl (C=O) groups excluding carboxylic acids is 1. The van der Waals surface area contributed by atoms with Crippen molar-refractivity contribution in [3.63, 3.8) is 0 Å². The van der Waals surface area contributed by atoms with Crippen molar-refractivity contribution in [1.82, 2.24) is 4.72 Å². The van der Waals surface area contributed by atoms with Crippen molar-refractivity contribution in [2.75, 3.05) is 19.8 Å². The Labute approximate surface area is 116 Å². The first-order chi connectivity index (χ1) is 9.38. The quantitative estimate of drug-likeness (QED) is 0.535. The molecule has 0 bridgehead atoms. The molecule has 0 aliphatic rings. The molecule has 1 amide bonds. The Hall–Kier alpha value is -1.55. The first kappa shape index (κ1) is 16.5. The van der Waals surface area contributed by atoms with E-state index < -0.39 is 21.7 Å². The lowest BCUT2D eigenvalue weighted by Crippen LogP contribution is -2.30. The van der Waals surface area contributed by atoms with Crippen LogP contribution in [0.4, 0.5) is 4.39 Å². The number of halogens is 1. The van der Waals surface area contributed by atoms with Crippen molar-refractivity contribution in [3.05, 3.63) is 29.6 Å². The van der Waals surface area contributed by atoms with E-state index in [0.29, 0.717) is 0 Å². The highest BCUT2D eigenvalue weighted by atomic mass is 32.2. The van der Waals surface area contributed by atoms with Gasteiger partial charge in [-0.3, -0.25) is 4.79 Å². The topological polar surface area (TPSA) is 125 Å². The molecule has 5 N–H and O–H groups in total. The fraction of sp³-hybridized carbons (Fsp3) is 0.364. The molecule has 0 unspecified atom stereocenters. The van der Waals surface area contributed by atoms with Crippen LogP contribution < -0.4 is 16.2 Å². The summed E-state index contributed by atoms with van der Waals surface area (Å²) in [6.07, 6.45) is 0. The number of amides is 1. The van der Waals surface area contributed by atoms with Gasteiger partial charge in [0, 0.05) is 18.7 Å². The molecule has 0 aromatic heterocycles. The summed E-state index contributed by atoms with van der Waals surface area (Å²) in [5.41, 5.74) is 10.1. The highest BCUT2D eigenvalue weighted by Gasteiger charge is 2.19. The average molecular weight is 305 g/mol. The van der Waals surface area contributed by atoms with Crippen molar-refractivity contribution < 1.29 is 22.3 Å². The summed E-state index contributed by atoms with van der Waals surface area (Å²) >= 11 is 0. The van der Waals surface area contributed by atoms with Gasteiger partial charge in [-0.05, 0) is 12.1 Å². The normalized spacial score (nSPS) is 11.5. The van der Waals surface area contributed by atoms with E-state index in [1.807, 2.05) is 0 Å². The van der Waals surface area contributed by atoms with Crippen LogP contribution in [-0.4, -0.2) is 34.1 Å². The molecular weight excluding hydrogens is 289 g/mol. The molecule has 0 saturated heterocycles. The average Bonchev–Trinajstić information content (AvgIpc) is 2.37. The number of benzene rings is 1. The summed E-state index contributed by atoms with van der Waals surface area (Å²) in [7, 11) is -3.89. The highest BCUT2D eigenvalue weighted by molar-refractivity contribution is 7.89. The third kappa shape index (κ3) is 4.53. The minimum atomic E-state index is -3.89. The first-order valence-electron chi connectivity index (χ1n) is 5.71. The smallest absolute Gasteiger partial charge is 0.243 e. The number of carbonyl (C=O) groups is 1. The SMILES string of the molecule is NCc1c(F)cccc1S(=O)(=O)NCCOCC(N)=O. The molecule has 0 spiro atoms. The van der Waals surface area contributed by atoms with Crippen molar-refractivity contribution in [3.8, 4) is 0 Å². The van der Waals surface area contributed by atoms with E-state index in [2.05, 4.69) is 4.72 Å². The second-order valence-corrected chi connectivity index (χ2v) is 5.57. The van der Waals surface area contributed by atoms with E-state index in [1.54, 1.807) is 0 Å². The lowest BCUT2D eigenvalue weighted by molar-refractivity contribution is -0.122. The van der Waals surface area contributed by atoms with Crippen LogP contribution in [0.2, 0.25) is 0 Å². The Morgan fingerprint density at radius 1 is 1.40 bits per heavy atom. The second kappa shape index (κ2) is 7.29. The predicted molar refractivity (Wildman–Crippen MR) is 69.5 cm³/mol. The molecule has 1 aromatic rings. The van der Waals surface area contributed by atoms with Crippen LogP contribution >= 0.6 is 0 Å². The Morgan fingerprint density at radius 2 is 2.10 bits per heavy atom. The van der Waals surface area contributed by atoms with Gasteiger partial charge in [0.25, 0.3) is 0 Å². The Morgan fingerprint density at radius 3 is 2.70 bits per heavy atom. The number of rotatable bonds is 8. The maximum Gasteiger partial charge on any atom is 0.243 e. The molecule has 112 valence electrons. The van der Waals surface area contributed by atoms with Gasteiger partial charge in [-0.1, -0.05) is 6.07 Å². The van der Waals surface area contributed by atoms with Crippen LogP contribution in [0.1, 0.15) is 5.56 Å². The maximum atomic E-state index is 13.5. The fourth-order valence-electron chi connectivity index (χ4n) is 1.49. The Bertz CT molecular complexity index is 577. The predicted octanol–water partition coefficient (Wildman–Crippen LogP) is -0.935. The molecule has 0 radical (unpaired) electrons. The molecule has 0 aliphatic carbocycles. The number of primary amides is 1. The zero-order valence-electron chi connectivity index (χ0n) is 10.6. The third-order valence-corrected chi connectivity index (χ3v) is 3.90. The van der Waals surface area contributed by atoms with Gasteiger partial charge in [0.15, 0.2) is 0 Å². The minimum Gasteiger partial charge on any atom is -0.370 e. The van der Waals surface area contributed by atoms with E-state index in [-0.39, 0.29) is 36.8 Å². The third-order valence-electron chi connectivity index (χ3n) is 2.35. The Balaban J connectivity index is 2.70. The van der Waals surface area contributed by atoms with E-state index in [9.17, 15) is 17.6 Å². The van der Waals surface area contributed by atoms with E-state index in [4.69, 9.17) is 16.2 Å². The fourth-order valence-corrected chi connectivity index (χ4v) is 2.76. The molecule has 20 heavy (non-hydrogen) atoms. The van der Waals surface area contributed by atoms with Crippen LogP contribution in [0.3, 0.4) is 0 Å². The van der Waals surface area contributed by atoms with Gasteiger partial charge in [0.2, 0.25) is 15.9 Å². The largest absolute Gasteiger partial charge is 0.370 e. The molecule has 0 saturated carbocycles. The summed E-state index contributed by atoms with van der Waals surface area (Å²) in [6.45, 7) is -0.636. The Kier molecular flexibility index (Phi) is 6.02. The molecule has 0 fully saturated rings. The van der Waals surface area contributed by atoms with Crippen LogP contribution in [0.25, 0.3) is 0 Å². The number of nitrogens with one attached hydrogen (secondary N) is 1. The van der Waals surface area contributed by atoms with Crippen molar-refractivity contribution in [2.45, 2.75) is 11.4 Å². The lowest BCUT2D eigenvalue weighted by Gasteiger charge is -2.11. The van der Waals surface area contributed by atoms with E-state index in [0.717, 1.165) is 6.07 Å². The zero-order chi connectivity index (χ0) is 15.2. The summed E-state index contributed by atoms with van der Waals surface area (Å²) in [5.74, 6) is -1.33. The minimum absolute atomic E-state index is 0.0323. The lowest BCUT2D eigenvalue weighted by atomic mass is 10.2. The van der Waals surface area contributed by atoms with Crippen LogP contribution in [-0.2, 0) is 26.1 Å². The monoisotopic (exact) mass is 305 g/mol. The molecule has 0 heterocycles. The van der Waals surface area contributed by atoms with Crippen molar-refractivity contribution in [2.24, 2.45) is 11.5 Å². The van der Waals surface area contributed by atoms with E-state index >= 15 is 0 Å². The number of sulfonamides is 1. The molecule has 0 atom stereocenters. The van der Waals surface area contributed by atoms with Gasteiger partial charge >= 0.3 is 0 Å². The number of hydrogen-bond acceptors (Lipinski definition) is 5. The van der Waals surface area contributed by atoms with E-state index in [1.165, 1.54) is 12.1 Å². The number of nitrogens with two attached hydrogens (primary N) is 2. The van der Waals surface area contributed by atoms with Gasteiger partial charge < -0.3 is 16.2 Å². The van der Waals surface area contributed by atoms with Crippen LogP contribution in [0.15, 0.2) is 23.1 Å². The summed E-state index contributed by atoms with van der Waals surface area (Å²) in [4.78, 5) is 10.2. The summed E-state index contributed by atoms with van der Waals surface area (Å²) in [6, 6.07) is 3.68. The van der Waals surface area contributed by atoms with Gasteiger partial charge in [0.1, 0.15) is 12.4 Å². The second-order valence-electron chi connectivity index (χ2n) is 3.84. The molecule has 7 nitrogen and oxygen atoms in total. The standard InChI is InChI=1S/C11H16FN3O4S/c12-9-2-1-3-10(8(9)6-13)20(17,18)15-4-5-19-7-11(14)16/h1-3,15H,4-7,13H2,(H2,14,16). The van der Waals surface area contributed by atoms with Crippen molar-refractivity contribution in [1.29, 1.82) is 0 Å². The maximum absolute atomic E-state index is 13.5. The van der Waals surface area contributed by atoms with Crippen molar-refractivity contribution >= 4 is 15.9 Å². The highest BCUT2D eigenvalue weighted by Crippen LogP contribution is 2.17. The molecule has 9 heteroatoms. The van der Waals surface area contributed by atoms with Gasteiger partial charge in [-0.25, -0.2) is 17.5 Å². The first-order valence-corrected chi connectivity index (χ1v) is 7.20. The van der Waals surface area contributed by atoms with Gasteiger partial charge in [0.05, 0.1) is 11.5 Å². The molecular formula is C11H16FN3O4S. The molecule has 1 rings (SSSR count). The summed E-state index contributed by atoms with van der Waals surface area (Å²) in [5, 5.41) is 0. The molecule has 1 aromatic carbocycles. The zero-order valence-corrected chi connectivity index (χ0v) is 11.5. The van der Waals surface area contributed by atoms with Crippen LogP contribution in [0.5, 0.6) is 0 Å².